The number of methoxy groups -OCH3 is 1. The molecule has 1 fully saturated rings. The number of carbonyl (C=O) groups is 1. The number of rotatable bonds is 6. The van der Waals surface area contributed by atoms with E-state index in [4.69, 9.17) is 15.2 Å². The number of halogens is 1. The number of benzene rings is 1. The third-order valence-corrected chi connectivity index (χ3v) is 3.61. The van der Waals surface area contributed by atoms with Crippen LogP contribution in [0.3, 0.4) is 0 Å². The van der Waals surface area contributed by atoms with Gasteiger partial charge in [0.1, 0.15) is 0 Å². The lowest BCUT2D eigenvalue weighted by molar-refractivity contribution is -0.132. The molecular formula is C15H23ClN2O3. The predicted octanol–water partition coefficient (Wildman–Crippen LogP) is 1.84. The van der Waals surface area contributed by atoms with Crippen molar-refractivity contribution < 1.29 is 14.3 Å². The van der Waals surface area contributed by atoms with Crippen molar-refractivity contribution >= 4 is 18.3 Å². The van der Waals surface area contributed by atoms with Crippen molar-refractivity contribution in [3.8, 4) is 11.5 Å². The zero-order valence-corrected chi connectivity index (χ0v) is 13.1. The molecule has 2 rings (SSSR count). The van der Waals surface area contributed by atoms with Gasteiger partial charge in [-0.2, -0.15) is 0 Å². The molecule has 118 valence electrons. The molecule has 5 nitrogen and oxygen atoms in total. The number of amides is 1. The van der Waals surface area contributed by atoms with Gasteiger partial charge >= 0.3 is 0 Å². The van der Waals surface area contributed by atoms with Crippen molar-refractivity contribution in [2.75, 3.05) is 26.8 Å². The highest BCUT2D eigenvalue weighted by Gasteiger charge is 2.27. The van der Waals surface area contributed by atoms with E-state index in [9.17, 15) is 4.79 Å². The van der Waals surface area contributed by atoms with Gasteiger partial charge in [0.2, 0.25) is 5.91 Å². The van der Waals surface area contributed by atoms with Crippen molar-refractivity contribution in [1.82, 2.24) is 4.90 Å². The monoisotopic (exact) mass is 314 g/mol. The van der Waals surface area contributed by atoms with Gasteiger partial charge < -0.3 is 20.1 Å². The second-order valence-corrected chi connectivity index (χ2v) is 4.87. The van der Waals surface area contributed by atoms with E-state index in [1.165, 1.54) is 0 Å². The number of carbonyl (C=O) groups excluding carboxylic acids is 1. The number of ether oxygens (including phenoxy) is 2. The Balaban J connectivity index is 0.00000220. The van der Waals surface area contributed by atoms with Gasteiger partial charge in [0, 0.05) is 19.1 Å². The Hall–Kier alpha value is -1.46. The maximum atomic E-state index is 12.1. The van der Waals surface area contributed by atoms with Gasteiger partial charge in [0.25, 0.3) is 0 Å². The molecule has 0 radical (unpaired) electrons. The molecule has 0 aromatic heterocycles. The zero-order valence-electron chi connectivity index (χ0n) is 12.3. The van der Waals surface area contributed by atoms with Gasteiger partial charge in [-0.25, -0.2) is 0 Å². The topological polar surface area (TPSA) is 64.8 Å². The summed E-state index contributed by atoms with van der Waals surface area (Å²) in [4.78, 5) is 14.0. The molecule has 1 heterocycles. The average Bonchev–Trinajstić information content (AvgIpc) is 2.96. The minimum absolute atomic E-state index is 0. The van der Waals surface area contributed by atoms with Crippen LogP contribution in [0.2, 0.25) is 0 Å². The second-order valence-electron chi connectivity index (χ2n) is 4.87. The summed E-state index contributed by atoms with van der Waals surface area (Å²) < 4.78 is 10.8. The van der Waals surface area contributed by atoms with Crippen LogP contribution in [-0.2, 0) is 4.79 Å². The van der Waals surface area contributed by atoms with E-state index in [1.807, 2.05) is 29.2 Å². The summed E-state index contributed by atoms with van der Waals surface area (Å²) in [7, 11) is 1.60. The molecular weight excluding hydrogens is 292 g/mol. The highest BCUT2D eigenvalue weighted by molar-refractivity contribution is 5.85. The fourth-order valence-electron chi connectivity index (χ4n) is 2.54. The maximum absolute atomic E-state index is 12.1. The number of nitrogens with two attached hydrogens (primary N) is 1. The lowest BCUT2D eigenvalue weighted by Crippen LogP contribution is -2.40. The lowest BCUT2D eigenvalue weighted by atomic mass is 10.2. The summed E-state index contributed by atoms with van der Waals surface area (Å²) in [5.41, 5.74) is 5.68. The summed E-state index contributed by atoms with van der Waals surface area (Å²) >= 11 is 0. The molecule has 1 unspecified atom stereocenters. The van der Waals surface area contributed by atoms with Crippen LogP contribution >= 0.6 is 12.4 Å². The van der Waals surface area contributed by atoms with E-state index < -0.39 is 0 Å². The van der Waals surface area contributed by atoms with Crippen molar-refractivity contribution in [2.24, 2.45) is 5.73 Å². The molecule has 21 heavy (non-hydrogen) atoms. The average molecular weight is 315 g/mol. The minimum Gasteiger partial charge on any atom is -0.493 e. The second kappa shape index (κ2) is 8.74. The van der Waals surface area contributed by atoms with Crippen LogP contribution in [0.4, 0.5) is 0 Å². The molecule has 1 atom stereocenters. The molecule has 0 saturated carbocycles. The molecule has 1 saturated heterocycles. The summed E-state index contributed by atoms with van der Waals surface area (Å²) in [6, 6.07) is 7.63. The van der Waals surface area contributed by atoms with Crippen LogP contribution in [-0.4, -0.2) is 43.7 Å². The Morgan fingerprint density at radius 2 is 2.10 bits per heavy atom. The summed E-state index contributed by atoms with van der Waals surface area (Å²) in [5.74, 6) is 1.47. The standard InChI is InChI=1S/C15H22N2O3.ClH/c1-19-13-6-2-3-7-14(13)20-10-8-15(18)17-9-4-5-12(17)11-16;/h2-3,6-7,12H,4-5,8-11,16H2,1H3;1H. The third kappa shape index (κ3) is 4.51. The quantitative estimate of drug-likeness (QED) is 0.870. The van der Waals surface area contributed by atoms with Crippen LogP contribution in [0.1, 0.15) is 19.3 Å². The SMILES string of the molecule is COc1ccccc1OCCC(=O)N1CCCC1CN.Cl. The molecule has 1 amide bonds. The van der Waals surface area contributed by atoms with Gasteiger partial charge in [0.05, 0.1) is 20.1 Å². The highest BCUT2D eigenvalue weighted by atomic mass is 35.5. The van der Waals surface area contributed by atoms with Gasteiger partial charge in [-0.1, -0.05) is 12.1 Å². The molecule has 0 bridgehead atoms. The Morgan fingerprint density at radius 1 is 1.38 bits per heavy atom. The Morgan fingerprint density at radius 3 is 2.76 bits per heavy atom. The molecule has 1 aliphatic heterocycles. The summed E-state index contributed by atoms with van der Waals surface area (Å²) in [5, 5.41) is 0. The van der Waals surface area contributed by atoms with E-state index in [0.717, 1.165) is 19.4 Å². The normalized spacial score (nSPS) is 17.2. The van der Waals surface area contributed by atoms with E-state index in [-0.39, 0.29) is 24.4 Å². The fourth-order valence-corrected chi connectivity index (χ4v) is 2.54. The summed E-state index contributed by atoms with van der Waals surface area (Å²) in [6.07, 6.45) is 2.42. The van der Waals surface area contributed by atoms with Gasteiger partial charge in [-0.3, -0.25) is 4.79 Å². The van der Waals surface area contributed by atoms with E-state index in [0.29, 0.717) is 31.1 Å². The molecule has 6 heteroatoms. The lowest BCUT2D eigenvalue weighted by Gasteiger charge is -2.23. The Kier molecular flexibility index (Phi) is 7.32. The van der Waals surface area contributed by atoms with Crippen molar-refractivity contribution in [2.45, 2.75) is 25.3 Å². The Labute approximate surface area is 131 Å². The molecule has 2 N–H and O–H groups in total. The molecule has 0 spiro atoms. The van der Waals surface area contributed by atoms with E-state index >= 15 is 0 Å². The van der Waals surface area contributed by atoms with E-state index in [1.54, 1.807) is 7.11 Å². The predicted molar refractivity (Wildman–Crippen MR) is 84.1 cm³/mol. The highest BCUT2D eigenvalue weighted by Crippen LogP contribution is 2.26. The van der Waals surface area contributed by atoms with Crippen LogP contribution in [0.15, 0.2) is 24.3 Å². The molecule has 1 aliphatic rings. The van der Waals surface area contributed by atoms with Crippen molar-refractivity contribution in [3.63, 3.8) is 0 Å². The van der Waals surface area contributed by atoms with Crippen LogP contribution in [0.25, 0.3) is 0 Å². The van der Waals surface area contributed by atoms with Crippen molar-refractivity contribution in [3.05, 3.63) is 24.3 Å². The fraction of sp³-hybridized carbons (Fsp3) is 0.533. The number of likely N-dealkylation sites (tertiary alicyclic amines) is 1. The largest absolute Gasteiger partial charge is 0.493 e. The van der Waals surface area contributed by atoms with Crippen molar-refractivity contribution in [1.29, 1.82) is 0 Å². The molecule has 0 aliphatic carbocycles. The van der Waals surface area contributed by atoms with Crippen LogP contribution in [0, 0.1) is 0 Å². The first-order chi connectivity index (χ1) is 9.76. The first kappa shape index (κ1) is 17.6. The zero-order chi connectivity index (χ0) is 14.4. The number of nitrogens with zero attached hydrogens (tertiary/aromatic N) is 1. The van der Waals surface area contributed by atoms with Crippen LogP contribution < -0.4 is 15.2 Å². The van der Waals surface area contributed by atoms with Crippen LogP contribution in [0.5, 0.6) is 11.5 Å². The van der Waals surface area contributed by atoms with Gasteiger partial charge in [0.15, 0.2) is 11.5 Å². The maximum Gasteiger partial charge on any atom is 0.226 e. The van der Waals surface area contributed by atoms with Gasteiger partial charge in [-0.15, -0.1) is 12.4 Å². The third-order valence-electron chi connectivity index (χ3n) is 3.61. The molecule has 1 aromatic carbocycles. The van der Waals surface area contributed by atoms with Gasteiger partial charge in [-0.05, 0) is 25.0 Å². The number of para-hydroxylation sites is 2. The minimum atomic E-state index is 0. The number of hydrogen-bond acceptors (Lipinski definition) is 4. The first-order valence-corrected chi connectivity index (χ1v) is 7.01. The van der Waals surface area contributed by atoms with E-state index in [2.05, 4.69) is 0 Å². The first-order valence-electron chi connectivity index (χ1n) is 7.01. The Bertz CT molecular complexity index is 456. The summed E-state index contributed by atoms with van der Waals surface area (Å²) in [6.45, 7) is 1.71. The molecule has 1 aromatic rings. The smallest absolute Gasteiger partial charge is 0.226 e. The number of hydrogen-bond donors (Lipinski definition) is 1.